The lowest BCUT2D eigenvalue weighted by Crippen LogP contribution is -2.17. The largest absolute Gasteiger partial charge is 0.573 e. The van der Waals surface area contributed by atoms with E-state index in [1.807, 2.05) is 0 Å². The Hall–Kier alpha value is -1.65. The summed E-state index contributed by atoms with van der Waals surface area (Å²) in [6.07, 6.45) is -3.36. The molecule has 0 radical (unpaired) electrons. The van der Waals surface area contributed by atoms with Gasteiger partial charge in [-0.2, -0.15) is 0 Å². The summed E-state index contributed by atoms with van der Waals surface area (Å²) in [6, 6.07) is 5.67. The normalized spacial score (nSPS) is 11.9. The summed E-state index contributed by atoms with van der Waals surface area (Å²) >= 11 is 0. The molecule has 0 saturated heterocycles. The van der Waals surface area contributed by atoms with Crippen LogP contribution in [-0.2, 0) is 0 Å². The molecule has 0 fully saturated rings. The van der Waals surface area contributed by atoms with Crippen LogP contribution < -0.4 is 4.74 Å². The van der Waals surface area contributed by atoms with Gasteiger partial charge in [-0.3, -0.25) is 0 Å². The number of alkyl halides is 3. The van der Waals surface area contributed by atoms with Gasteiger partial charge in [-0.25, -0.2) is 0 Å². The van der Waals surface area contributed by atoms with Crippen molar-refractivity contribution in [2.45, 2.75) is 6.36 Å². The Kier molecular flexibility index (Phi) is 1.87. The Bertz CT molecular complexity index is 444. The van der Waals surface area contributed by atoms with Gasteiger partial charge in [0, 0.05) is 0 Å². The van der Waals surface area contributed by atoms with E-state index >= 15 is 0 Å². The molecular formula is C9H5F3O2. The van der Waals surface area contributed by atoms with Crippen molar-refractivity contribution in [1.82, 2.24) is 0 Å². The lowest BCUT2D eigenvalue weighted by molar-refractivity contribution is -0.274. The molecule has 0 aliphatic heterocycles. The summed E-state index contributed by atoms with van der Waals surface area (Å²) in [5.41, 5.74) is 0.367. The molecule has 5 heteroatoms. The molecule has 0 spiro atoms. The van der Waals surface area contributed by atoms with Crippen molar-refractivity contribution in [2.24, 2.45) is 0 Å². The van der Waals surface area contributed by atoms with Gasteiger partial charge in [0.25, 0.3) is 0 Å². The van der Waals surface area contributed by atoms with E-state index in [2.05, 4.69) is 4.74 Å². The first-order chi connectivity index (χ1) is 6.56. The highest BCUT2D eigenvalue weighted by Gasteiger charge is 2.31. The molecule has 0 amide bonds. The number of ether oxygens (including phenoxy) is 1. The predicted octanol–water partition coefficient (Wildman–Crippen LogP) is 3.33. The highest BCUT2D eigenvalue weighted by atomic mass is 19.4. The molecule has 0 aliphatic carbocycles. The third kappa shape index (κ3) is 1.66. The zero-order valence-electron chi connectivity index (χ0n) is 6.84. The van der Waals surface area contributed by atoms with Gasteiger partial charge in [0.05, 0.1) is 11.6 Å². The highest BCUT2D eigenvalue weighted by Crippen LogP contribution is 2.30. The van der Waals surface area contributed by atoms with Crippen LogP contribution in [0, 0.1) is 0 Å². The summed E-state index contributed by atoms with van der Waals surface area (Å²) in [7, 11) is 0. The van der Waals surface area contributed by atoms with Crippen molar-refractivity contribution < 1.29 is 22.3 Å². The van der Waals surface area contributed by atoms with E-state index in [9.17, 15) is 13.2 Å². The molecule has 0 bridgehead atoms. The van der Waals surface area contributed by atoms with Gasteiger partial charge in [0.1, 0.15) is 11.3 Å². The van der Waals surface area contributed by atoms with E-state index in [4.69, 9.17) is 4.42 Å². The van der Waals surface area contributed by atoms with Gasteiger partial charge in [-0.15, -0.1) is 13.2 Å². The van der Waals surface area contributed by atoms with Crippen LogP contribution in [-0.4, -0.2) is 6.36 Å². The quantitative estimate of drug-likeness (QED) is 0.707. The number of furan rings is 1. The molecule has 2 rings (SSSR count). The lowest BCUT2D eigenvalue weighted by atomic mass is 10.2. The maximum Gasteiger partial charge on any atom is 0.573 e. The average molecular weight is 202 g/mol. The maximum atomic E-state index is 11.9. The smallest absolute Gasteiger partial charge is 0.464 e. The third-order valence-electron chi connectivity index (χ3n) is 1.68. The highest BCUT2D eigenvalue weighted by molar-refractivity contribution is 5.83. The topological polar surface area (TPSA) is 22.4 Å². The van der Waals surface area contributed by atoms with Gasteiger partial charge in [0.2, 0.25) is 0 Å². The number of hydrogen-bond acceptors (Lipinski definition) is 2. The number of fused-ring (bicyclic) bond motifs is 1. The molecule has 2 nitrogen and oxygen atoms in total. The van der Waals surface area contributed by atoms with E-state index in [1.165, 1.54) is 24.5 Å². The first-order valence-corrected chi connectivity index (χ1v) is 3.78. The van der Waals surface area contributed by atoms with Crippen molar-refractivity contribution >= 4 is 11.0 Å². The van der Waals surface area contributed by atoms with Gasteiger partial charge in [-0.05, 0) is 18.2 Å². The predicted molar refractivity (Wildman–Crippen MR) is 42.9 cm³/mol. The van der Waals surface area contributed by atoms with Crippen LogP contribution in [0.3, 0.4) is 0 Å². The van der Waals surface area contributed by atoms with Gasteiger partial charge < -0.3 is 9.15 Å². The minimum absolute atomic E-state index is 0.247. The van der Waals surface area contributed by atoms with Crippen LogP contribution in [0.5, 0.6) is 5.75 Å². The molecule has 1 heterocycles. The standard InChI is InChI=1S/C9H5F3O2/c10-9(11,12)14-8-3-1-2-7-6(8)4-5-13-7/h1-5H. The fourth-order valence-electron chi connectivity index (χ4n) is 1.18. The SMILES string of the molecule is FC(F)(F)Oc1cccc2occc12. The summed E-state index contributed by atoms with van der Waals surface area (Å²) in [4.78, 5) is 0. The molecule has 0 saturated carbocycles. The first-order valence-electron chi connectivity index (χ1n) is 3.78. The molecule has 0 unspecified atom stereocenters. The van der Waals surface area contributed by atoms with E-state index in [-0.39, 0.29) is 5.75 Å². The second-order valence-electron chi connectivity index (χ2n) is 2.64. The molecule has 0 aliphatic rings. The summed E-state index contributed by atoms with van der Waals surface area (Å²) in [5.74, 6) is -0.247. The number of halogens is 3. The fourth-order valence-corrected chi connectivity index (χ4v) is 1.18. The molecule has 1 aromatic heterocycles. The van der Waals surface area contributed by atoms with E-state index in [1.54, 1.807) is 6.07 Å². The number of hydrogen-bond donors (Lipinski definition) is 0. The fraction of sp³-hybridized carbons (Fsp3) is 0.111. The zero-order chi connectivity index (χ0) is 10.2. The molecule has 0 atom stereocenters. The number of benzene rings is 1. The Balaban J connectivity index is 2.46. The minimum Gasteiger partial charge on any atom is -0.464 e. The Morgan fingerprint density at radius 1 is 1.14 bits per heavy atom. The first kappa shape index (κ1) is 8.93. The molecule has 1 aromatic carbocycles. The van der Waals surface area contributed by atoms with E-state index in [0.717, 1.165) is 0 Å². The van der Waals surface area contributed by atoms with Crippen molar-refractivity contribution in [3.8, 4) is 5.75 Å². The second kappa shape index (κ2) is 2.94. The van der Waals surface area contributed by atoms with Gasteiger partial charge in [-0.1, -0.05) is 6.07 Å². The van der Waals surface area contributed by atoms with Crippen LogP contribution >= 0.6 is 0 Å². The Labute approximate surface area is 76.9 Å². The third-order valence-corrected chi connectivity index (χ3v) is 1.68. The maximum absolute atomic E-state index is 11.9. The van der Waals surface area contributed by atoms with Crippen molar-refractivity contribution in [3.05, 3.63) is 30.5 Å². The Morgan fingerprint density at radius 2 is 1.93 bits per heavy atom. The van der Waals surface area contributed by atoms with Crippen molar-refractivity contribution in [1.29, 1.82) is 0 Å². The number of rotatable bonds is 1. The average Bonchev–Trinajstić information content (AvgIpc) is 2.49. The van der Waals surface area contributed by atoms with Gasteiger partial charge in [0.15, 0.2) is 0 Å². The van der Waals surface area contributed by atoms with E-state index in [0.29, 0.717) is 11.0 Å². The summed E-state index contributed by atoms with van der Waals surface area (Å²) < 4.78 is 44.5. The van der Waals surface area contributed by atoms with Crippen LogP contribution in [0.15, 0.2) is 34.9 Å². The molecule has 2 aromatic rings. The monoisotopic (exact) mass is 202 g/mol. The minimum atomic E-state index is -4.68. The van der Waals surface area contributed by atoms with Crippen molar-refractivity contribution in [3.63, 3.8) is 0 Å². The summed E-state index contributed by atoms with van der Waals surface area (Å²) in [6.45, 7) is 0. The summed E-state index contributed by atoms with van der Waals surface area (Å²) in [5, 5.41) is 0.310. The van der Waals surface area contributed by atoms with Crippen molar-refractivity contribution in [2.75, 3.05) is 0 Å². The van der Waals surface area contributed by atoms with Crippen LogP contribution in [0.4, 0.5) is 13.2 Å². The second-order valence-corrected chi connectivity index (χ2v) is 2.64. The van der Waals surface area contributed by atoms with Crippen LogP contribution in [0.1, 0.15) is 0 Å². The lowest BCUT2D eigenvalue weighted by Gasteiger charge is -2.08. The molecule has 14 heavy (non-hydrogen) atoms. The van der Waals surface area contributed by atoms with E-state index < -0.39 is 6.36 Å². The Morgan fingerprint density at radius 3 is 2.64 bits per heavy atom. The molecular weight excluding hydrogens is 197 g/mol. The van der Waals surface area contributed by atoms with Crippen LogP contribution in [0.2, 0.25) is 0 Å². The molecule has 0 N–H and O–H groups in total. The van der Waals surface area contributed by atoms with Crippen LogP contribution in [0.25, 0.3) is 11.0 Å². The van der Waals surface area contributed by atoms with Gasteiger partial charge >= 0.3 is 6.36 Å². The molecule has 74 valence electrons. The zero-order valence-corrected chi connectivity index (χ0v) is 6.84.